The van der Waals surface area contributed by atoms with Crippen LogP contribution in [-0.2, 0) is 9.53 Å². The lowest BCUT2D eigenvalue weighted by Gasteiger charge is -2.14. The first-order valence-corrected chi connectivity index (χ1v) is 7.03. The van der Waals surface area contributed by atoms with E-state index in [1.807, 2.05) is 6.07 Å². The molecule has 0 radical (unpaired) electrons. The minimum atomic E-state index is -0.584. The minimum Gasteiger partial charge on any atom is -0.465 e. The summed E-state index contributed by atoms with van der Waals surface area (Å²) in [6.07, 6.45) is 7.16. The maximum Gasteiger partial charge on any atom is 0.349 e. The number of ether oxygens (including phenoxy) is 1. The molecule has 0 aliphatic carbocycles. The number of unbranched alkanes of at least 4 members (excludes halogenated alkanes) is 1. The fourth-order valence-electron chi connectivity index (χ4n) is 1.82. The van der Waals surface area contributed by atoms with Crippen LogP contribution >= 0.6 is 0 Å². The molecule has 0 fully saturated rings. The lowest BCUT2D eigenvalue weighted by atomic mass is 10.0. The Kier molecular flexibility index (Phi) is 7.20. The number of furan rings is 1. The zero-order valence-electron chi connectivity index (χ0n) is 12.1. The molecule has 1 rings (SSSR count). The molecule has 0 N–H and O–H groups in total. The minimum absolute atomic E-state index is 0.0368. The third-order valence-electron chi connectivity index (χ3n) is 3.16. The molecule has 4 nitrogen and oxygen atoms in total. The summed E-state index contributed by atoms with van der Waals surface area (Å²) in [5, 5.41) is 9.00. The van der Waals surface area contributed by atoms with Gasteiger partial charge in [-0.05, 0) is 24.5 Å². The van der Waals surface area contributed by atoms with Crippen LogP contribution in [-0.4, -0.2) is 12.6 Å². The lowest BCUT2D eigenvalue weighted by molar-refractivity contribution is -0.139. The monoisotopic (exact) mass is 275 g/mol. The van der Waals surface area contributed by atoms with Crippen molar-refractivity contribution in [2.24, 2.45) is 5.92 Å². The van der Waals surface area contributed by atoms with Crippen molar-refractivity contribution in [2.75, 3.05) is 6.61 Å². The van der Waals surface area contributed by atoms with E-state index in [-0.39, 0.29) is 5.57 Å². The number of hydrogen-bond acceptors (Lipinski definition) is 4. The average Bonchev–Trinajstić information content (AvgIpc) is 2.97. The van der Waals surface area contributed by atoms with Gasteiger partial charge in [-0.3, -0.25) is 0 Å². The van der Waals surface area contributed by atoms with E-state index in [0.29, 0.717) is 18.3 Å². The van der Waals surface area contributed by atoms with Gasteiger partial charge in [-0.25, -0.2) is 4.79 Å². The Balaban J connectivity index is 2.54. The number of nitriles is 1. The molecule has 4 heteroatoms. The fourth-order valence-corrected chi connectivity index (χ4v) is 1.82. The van der Waals surface area contributed by atoms with Crippen molar-refractivity contribution in [3.8, 4) is 6.07 Å². The van der Waals surface area contributed by atoms with Gasteiger partial charge in [0.2, 0.25) is 0 Å². The summed E-state index contributed by atoms with van der Waals surface area (Å²) >= 11 is 0. The van der Waals surface area contributed by atoms with Crippen LogP contribution in [0, 0.1) is 17.2 Å². The smallest absolute Gasteiger partial charge is 0.349 e. The third-order valence-corrected chi connectivity index (χ3v) is 3.16. The topological polar surface area (TPSA) is 63.2 Å². The number of rotatable bonds is 8. The quantitative estimate of drug-likeness (QED) is 0.409. The zero-order chi connectivity index (χ0) is 14.8. The normalized spacial score (nSPS) is 12.8. The maximum atomic E-state index is 11.8. The Morgan fingerprint density at radius 2 is 2.35 bits per heavy atom. The lowest BCUT2D eigenvalue weighted by Crippen LogP contribution is -2.14. The molecule has 0 spiro atoms. The van der Waals surface area contributed by atoms with Gasteiger partial charge >= 0.3 is 5.97 Å². The standard InChI is InChI=1S/C16H21NO3/c1-3-5-7-13(4-2)12-20-16(18)14(11-17)10-15-8-6-9-19-15/h6,8-10,13H,3-5,7,12H2,1-2H3/b14-10+. The maximum absolute atomic E-state index is 11.8. The summed E-state index contributed by atoms with van der Waals surface area (Å²) in [6, 6.07) is 5.23. The van der Waals surface area contributed by atoms with Crippen LogP contribution in [0.4, 0.5) is 0 Å². The van der Waals surface area contributed by atoms with E-state index in [1.165, 1.54) is 12.3 Å². The summed E-state index contributed by atoms with van der Waals surface area (Å²) in [5.74, 6) is 0.248. The van der Waals surface area contributed by atoms with Gasteiger partial charge in [0.1, 0.15) is 17.4 Å². The van der Waals surface area contributed by atoms with E-state index in [9.17, 15) is 4.79 Å². The van der Waals surface area contributed by atoms with E-state index in [1.54, 1.807) is 12.1 Å². The van der Waals surface area contributed by atoms with E-state index in [0.717, 1.165) is 25.7 Å². The molecule has 0 amide bonds. The molecule has 0 aromatic carbocycles. The summed E-state index contributed by atoms with van der Waals surface area (Å²) in [4.78, 5) is 11.8. The van der Waals surface area contributed by atoms with Gasteiger partial charge in [-0.2, -0.15) is 5.26 Å². The number of esters is 1. The van der Waals surface area contributed by atoms with Gasteiger partial charge in [0.05, 0.1) is 12.9 Å². The molecule has 1 heterocycles. The Morgan fingerprint density at radius 3 is 2.90 bits per heavy atom. The number of hydrogen-bond donors (Lipinski definition) is 0. The largest absolute Gasteiger partial charge is 0.465 e. The van der Waals surface area contributed by atoms with Gasteiger partial charge in [0.15, 0.2) is 0 Å². The highest BCUT2D eigenvalue weighted by atomic mass is 16.5. The Morgan fingerprint density at radius 1 is 1.55 bits per heavy atom. The average molecular weight is 275 g/mol. The first-order valence-electron chi connectivity index (χ1n) is 7.03. The van der Waals surface area contributed by atoms with Crippen molar-refractivity contribution < 1.29 is 13.9 Å². The summed E-state index contributed by atoms with van der Waals surface area (Å²) < 4.78 is 10.3. The molecule has 1 aromatic rings. The highest BCUT2D eigenvalue weighted by Gasteiger charge is 2.14. The molecule has 0 aliphatic heterocycles. The first-order chi connectivity index (χ1) is 9.71. The van der Waals surface area contributed by atoms with E-state index in [2.05, 4.69) is 13.8 Å². The van der Waals surface area contributed by atoms with Crippen LogP contribution in [0.3, 0.4) is 0 Å². The Labute approximate surface area is 120 Å². The SMILES string of the molecule is CCCCC(CC)COC(=O)/C(C#N)=C/c1ccco1. The van der Waals surface area contributed by atoms with Crippen molar-refractivity contribution in [2.45, 2.75) is 39.5 Å². The number of carbonyl (C=O) groups excluding carboxylic acids is 1. The molecule has 0 aliphatic rings. The van der Waals surface area contributed by atoms with Gasteiger partial charge in [-0.1, -0.05) is 33.1 Å². The molecule has 1 unspecified atom stereocenters. The van der Waals surface area contributed by atoms with Crippen LogP contribution < -0.4 is 0 Å². The fraction of sp³-hybridized carbons (Fsp3) is 0.500. The highest BCUT2D eigenvalue weighted by molar-refractivity contribution is 5.97. The number of carbonyl (C=O) groups is 1. The van der Waals surface area contributed by atoms with Gasteiger partial charge in [-0.15, -0.1) is 0 Å². The van der Waals surface area contributed by atoms with Crippen molar-refractivity contribution >= 4 is 12.0 Å². The van der Waals surface area contributed by atoms with Gasteiger partial charge < -0.3 is 9.15 Å². The second-order valence-electron chi connectivity index (χ2n) is 4.70. The van der Waals surface area contributed by atoms with Crippen LogP contribution in [0.2, 0.25) is 0 Å². The molecule has 0 bridgehead atoms. The van der Waals surface area contributed by atoms with Crippen molar-refractivity contribution in [3.63, 3.8) is 0 Å². The number of nitrogens with zero attached hydrogens (tertiary/aromatic N) is 1. The summed E-state index contributed by atoms with van der Waals surface area (Å²) in [6.45, 7) is 4.59. The predicted molar refractivity (Wildman–Crippen MR) is 76.6 cm³/mol. The Hall–Kier alpha value is -2.02. The van der Waals surface area contributed by atoms with Gasteiger partial charge in [0, 0.05) is 6.08 Å². The molecule has 1 aromatic heterocycles. The predicted octanol–water partition coefficient (Wildman–Crippen LogP) is 3.95. The van der Waals surface area contributed by atoms with Crippen LogP contribution in [0.15, 0.2) is 28.4 Å². The molecular formula is C16H21NO3. The van der Waals surface area contributed by atoms with Crippen molar-refractivity contribution in [1.82, 2.24) is 0 Å². The summed E-state index contributed by atoms with van der Waals surface area (Å²) in [5.41, 5.74) is -0.0368. The zero-order valence-corrected chi connectivity index (χ0v) is 12.1. The molecule has 108 valence electrons. The van der Waals surface area contributed by atoms with Crippen LogP contribution in [0.1, 0.15) is 45.3 Å². The second-order valence-corrected chi connectivity index (χ2v) is 4.70. The van der Waals surface area contributed by atoms with E-state index >= 15 is 0 Å². The third kappa shape index (κ3) is 5.31. The van der Waals surface area contributed by atoms with Crippen LogP contribution in [0.5, 0.6) is 0 Å². The molecule has 20 heavy (non-hydrogen) atoms. The first kappa shape index (κ1) is 16.0. The second kappa shape index (κ2) is 8.98. The molecule has 0 saturated heterocycles. The van der Waals surface area contributed by atoms with E-state index < -0.39 is 5.97 Å². The molecular weight excluding hydrogens is 254 g/mol. The molecule has 1 atom stereocenters. The van der Waals surface area contributed by atoms with Crippen LogP contribution in [0.25, 0.3) is 6.08 Å². The van der Waals surface area contributed by atoms with Crippen molar-refractivity contribution in [1.29, 1.82) is 5.26 Å². The van der Waals surface area contributed by atoms with Gasteiger partial charge in [0.25, 0.3) is 0 Å². The Bertz CT molecular complexity index is 468. The highest BCUT2D eigenvalue weighted by Crippen LogP contribution is 2.14. The molecule has 0 saturated carbocycles. The van der Waals surface area contributed by atoms with Crippen molar-refractivity contribution in [3.05, 3.63) is 29.7 Å². The summed E-state index contributed by atoms with van der Waals surface area (Å²) in [7, 11) is 0. The van der Waals surface area contributed by atoms with E-state index in [4.69, 9.17) is 14.4 Å².